The van der Waals surface area contributed by atoms with Crippen molar-refractivity contribution < 1.29 is 14.6 Å². The van der Waals surface area contributed by atoms with E-state index in [0.29, 0.717) is 0 Å². The van der Waals surface area contributed by atoms with Crippen molar-refractivity contribution >= 4 is 0 Å². The SMILES string of the molecule is CNC(CO)CN1CCc2cc(OC)c(OC)cc2C1. The highest BCUT2D eigenvalue weighted by molar-refractivity contribution is 5.48. The number of hydrogen-bond donors (Lipinski definition) is 2. The van der Waals surface area contributed by atoms with Crippen molar-refractivity contribution in [2.75, 3.05) is 41.0 Å². The third-order valence-corrected chi connectivity index (χ3v) is 3.90. The third kappa shape index (κ3) is 3.23. The highest BCUT2D eigenvalue weighted by Gasteiger charge is 2.21. The molecular weight excluding hydrogens is 256 g/mol. The Hall–Kier alpha value is -1.30. The first-order chi connectivity index (χ1) is 9.71. The third-order valence-electron chi connectivity index (χ3n) is 3.90. The Bertz CT molecular complexity index is 447. The van der Waals surface area contributed by atoms with Gasteiger partial charge in [0.15, 0.2) is 11.5 Å². The van der Waals surface area contributed by atoms with Crippen LogP contribution in [0, 0.1) is 0 Å². The van der Waals surface area contributed by atoms with Gasteiger partial charge in [-0.1, -0.05) is 0 Å². The molecule has 1 aromatic carbocycles. The molecule has 1 aliphatic heterocycles. The van der Waals surface area contributed by atoms with Gasteiger partial charge in [0.05, 0.1) is 20.8 Å². The molecular formula is C15H24N2O3. The number of rotatable bonds is 6. The van der Waals surface area contributed by atoms with E-state index in [2.05, 4.69) is 22.3 Å². The van der Waals surface area contributed by atoms with Crippen molar-refractivity contribution in [3.63, 3.8) is 0 Å². The molecule has 20 heavy (non-hydrogen) atoms. The molecule has 1 aromatic rings. The molecule has 1 unspecified atom stereocenters. The summed E-state index contributed by atoms with van der Waals surface area (Å²) in [5, 5.41) is 12.4. The quantitative estimate of drug-likeness (QED) is 0.801. The topological polar surface area (TPSA) is 54.0 Å². The number of hydrogen-bond acceptors (Lipinski definition) is 5. The molecule has 1 heterocycles. The molecule has 1 atom stereocenters. The maximum atomic E-state index is 9.28. The number of aliphatic hydroxyl groups excluding tert-OH is 1. The summed E-state index contributed by atoms with van der Waals surface area (Å²) in [6.07, 6.45) is 0.998. The van der Waals surface area contributed by atoms with Crippen molar-refractivity contribution in [3.05, 3.63) is 23.3 Å². The van der Waals surface area contributed by atoms with Crippen LogP contribution in [0.5, 0.6) is 11.5 Å². The zero-order valence-corrected chi connectivity index (χ0v) is 12.5. The van der Waals surface area contributed by atoms with Crippen molar-refractivity contribution in [2.24, 2.45) is 0 Å². The minimum atomic E-state index is 0.122. The fourth-order valence-corrected chi connectivity index (χ4v) is 2.65. The van der Waals surface area contributed by atoms with E-state index in [1.54, 1.807) is 14.2 Å². The summed E-state index contributed by atoms with van der Waals surface area (Å²) in [4.78, 5) is 2.35. The predicted octanol–water partition coefficient (Wildman–Crippen LogP) is 0.642. The molecule has 0 aromatic heterocycles. The van der Waals surface area contributed by atoms with Gasteiger partial charge in [0, 0.05) is 25.7 Å². The average Bonchev–Trinajstić information content (AvgIpc) is 2.50. The molecule has 0 aliphatic carbocycles. The van der Waals surface area contributed by atoms with Crippen LogP contribution in [-0.2, 0) is 13.0 Å². The summed E-state index contributed by atoms with van der Waals surface area (Å²) in [5.41, 5.74) is 2.60. The molecule has 0 saturated carbocycles. The van der Waals surface area contributed by atoms with Gasteiger partial charge in [-0.3, -0.25) is 4.90 Å². The lowest BCUT2D eigenvalue weighted by molar-refractivity contribution is 0.176. The van der Waals surface area contributed by atoms with E-state index in [4.69, 9.17) is 9.47 Å². The molecule has 2 N–H and O–H groups in total. The van der Waals surface area contributed by atoms with E-state index in [-0.39, 0.29) is 12.6 Å². The number of benzene rings is 1. The summed E-state index contributed by atoms with van der Waals surface area (Å²) >= 11 is 0. The standard InChI is InChI=1S/C15H24N2O3/c1-16-13(10-18)9-17-5-4-11-6-14(19-2)15(20-3)7-12(11)8-17/h6-7,13,16,18H,4-5,8-10H2,1-3H3. The summed E-state index contributed by atoms with van der Waals surface area (Å²) < 4.78 is 10.7. The van der Waals surface area contributed by atoms with E-state index in [0.717, 1.165) is 37.6 Å². The lowest BCUT2D eigenvalue weighted by atomic mass is 9.98. The van der Waals surface area contributed by atoms with E-state index in [9.17, 15) is 5.11 Å². The number of fused-ring (bicyclic) bond motifs is 1. The van der Waals surface area contributed by atoms with Gasteiger partial charge in [-0.05, 0) is 36.7 Å². The number of methoxy groups -OCH3 is 2. The lowest BCUT2D eigenvalue weighted by Crippen LogP contribution is -2.43. The van der Waals surface area contributed by atoms with E-state index >= 15 is 0 Å². The predicted molar refractivity (Wildman–Crippen MR) is 78.5 cm³/mol. The molecule has 1 aliphatic rings. The normalized spacial score (nSPS) is 16.6. The highest BCUT2D eigenvalue weighted by Crippen LogP contribution is 2.33. The van der Waals surface area contributed by atoms with Gasteiger partial charge in [0.25, 0.3) is 0 Å². The fraction of sp³-hybridized carbons (Fsp3) is 0.600. The maximum Gasteiger partial charge on any atom is 0.161 e. The highest BCUT2D eigenvalue weighted by atomic mass is 16.5. The Morgan fingerprint density at radius 1 is 1.25 bits per heavy atom. The van der Waals surface area contributed by atoms with Crippen LogP contribution in [-0.4, -0.2) is 57.0 Å². The summed E-state index contributed by atoms with van der Waals surface area (Å²) in [6.45, 7) is 2.89. The Balaban J connectivity index is 2.13. The first-order valence-corrected chi connectivity index (χ1v) is 6.96. The van der Waals surface area contributed by atoms with Crippen molar-refractivity contribution in [3.8, 4) is 11.5 Å². The molecule has 0 saturated heterocycles. The summed E-state index contributed by atoms with van der Waals surface area (Å²) in [6, 6.07) is 4.26. The Morgan fingerprint density at radius 2 is 1.90 bits per heavy atom. The van der Waals surface area contributed by atoms with Gasteiger partial charge in [-0.25, -0.2) is 0 Å². The second kappa shape index (κ2) is 6.92. The molecule has 0 amide bonds. The van der Waals surface area contributed by atoms with E-state index < -0.39 is 0 Å². The summed E-state index contributed by atoms with van der Waals surface area (Å²) in [7, 11) is 5.21. The van der Waals surface area contributed by atoms with Crippen LogP contribution in [0.1, 0.15) is 11.1 Å². The first kappa shape index (κ1) is 15.1. The van der Waals surface area contributed by atoms with Crippen molar-refractivity contribution in [2.45, 2.75) is 19.0 Å². The van der Waals surface area contributed by atoms with Gasteiger partial charge < -0.3 is 19.9 Å². The van der Waals surface area contributed by atoms with Crippen LogP contribution in [0.2, 0.25) is 0 Å². The van der Waals surface area contributed by atoms with Crippen LogP contribution < -0.4 is 14.8 Å². The Kier molecular flexibility index (Phi) is 5.23. The zero-order valence-electron chi connectivity index (χ0n) is 12.5. The maximum absolute atomic E-state index is 9.28. The molecule has 112 valence electrons. The number of nitrogens with one attached hydrogen (secondary N) is 1. The van der Waals surface area contributed by atoms with E-state index in [1.807, 2.05) is 7.05 Å². The number of ether oxygens (including phenoxy) is 2. The molecule has 0 fully saturated rings. The Labute approximate surface area is 120 Å². The minimum absolute atomic E-state index is 0.122. The monoisotopic (exact) mass is 280 g/mol. The fourth-order valence-electron chi connectivity index (χ4n) is 2.65. The molecule has 5 nitrogen and oxygen atoms in total. The smallest absolute Gasteiger partial charge is 0.161 e. The second-order valence-corrected chi connectivity index (χ2v) is 5.13. The van der Waals surface area contributed by atoms with Gasteiger partial charge in [0.2, 0.25) is 0 Å². The van der Waals surface area contributed by atoms with Crippen LogP contribution in [0.25, 0.3) is 0 Å². The van der Waals surface area contributed by atoms with Crippen molar-refractivity contribution in [1.29, 1.82) is 0 Å². The van der Waals surface area contributed by atoms with Gasteiger partial charge in [-0.15, -0.1) is 0 Å². The molecule has 5 heteroatoms. The second-order valence-electron chi connectivity index (χ2n) is 5.13. The van der Waals surface area contributed by atoms with Crippen LogP contribution in [0.15, 0.2) is 12.1 Å². The number of aliphatic hydroxyl groups is 1. The van der Waals surface area contributed by atoms with Crippen LogP contribution in [0.3, 0.4) is 0 Å². The minimum Gasteiger partial charge on any atom is -0.493 e. The first-order valence-electron chi connectivity index (χ1n) is 6.96. The lowest BCUT2D eigenvalue weighted by Gasteiger charge is -2.31. The van der Waals surface area contributed by atoms with Gasteiger partial charge >= 0.3 is 0 Å². The van der Waals surface area contributed by atoms with Crippen LogP contribution in [0.4, 0.5) is 0 Å². The molecule has 0 spiro atoms. The van der Waals surface area contributed by atoms with Crippen LogP contribution >= 0.6 is 0 Å². The van der Waals surface area contributed by atoms with Crippen molar-refractivity contribution in [1.82, 2.24) is 10.2 Å². The van der Waals surface area contributed by atoms with Gasteiger partial charge in [0.1, 0.15) is 0 Å². The largest absolute Gasteiger partial charge is 0.493 e. The molecule has 0 radical (unpaired) electrons. The number of likely N-dealkylation sites (N-methyl/N-ethyl adjacent to an activating group) is 1. The van der Waals surface area contributed by atoms with E-state index in [1.165, 1.54) is 11.1 Å². The molecule has 0 bridgehead atoms. The zero-order chi connectivity index (χ0) is 14.5. The average molecular weight is 280 g/mol. The summed E-state index contributed by atoms with van der Waals surface area (Å²) in [5.74, 6) is 1.57. The van der Waals surface area contributed by atoms with Gasteiger partial charge in [-0.2, -0.15) is 0 Å². The Morgan fingerprint density at radius 3 is 2.45 bits per heavy atom. The molecule has 2 rings (SSSR count). The number of nitrogens with zero attached hydrogens (tertiary/aromatic N) is 1.